The van der Waals surface area contributed by atoms with Crippen molar-refractivity contribution in [3.05, 3.63) is 53.9 Å². The van der Waals surface area contributed by atoms with E-state index in [1.807, 2.05) is 29.8 Å². The number of esters is 1. The Morgan fingerprint density at radius 3 is 2.42 bits per heavy atom. The largest absolute Gasteiger partial charge is 0.497 e. The molecule has 0 amide bonds. The number of fused-ring (bicyclic) bond motifs is 1. The van der Waals surface area contributed by atoms with Crippen LogP contribution in [0.5, 0.6) is 11.5 Å². The predicted octanol–water partition coefficient (Wildman–Crippen LogP) is 1.79. The molecule has 3 aromatic rings. The maximum atomic E-state index is 11.9. The number of methoxy groups -OCH3 is 2. The van der Waals surface area contributed by atoms with Crippen LogP contribution in [0, 0.1) is 0 Å². The Bertz CT molecular complexity index is 1170. The molecule has 31 heavy (non-hydrogen) atoms. The Morgan fingerprint density at radius 1 is 1.13 bits per heavy atom. The van der Waals surface area contributed by atoms with Gasteiger partial charge in [-0.2, -0.15) is 0 Å². The van der Waals surface area contributed by atoms with Gasteiger partial charge in [-0.25, -0.2) is 18.1 Å². The highest BCUT2D eigenvalue weighted by Gasteiger charge is 2.23. The van der Waals surface area contributed by atoms with Gasteiger partial charge in [0.2, 0.25) is 10.0 Å². The summed E-state index contributed by atoms with van der Waals surface area (Å²) in [7, 11) is 1.19. The first-order valence-corrected chi connectivity index (χ1v) is 11.4. The summed E-state index contributed by atoms with van der Waals surface area (Å²) in [6.07, 6.45) is 1.16. The third kappa shape index (κ3) is 5.74. The van der Waals surface area contributed by atoms with Crippen molar-refractivity contribution in [1.29, 1.82) is 0 Å². The van der Waals surface area contributed by atoms with Gasteiger partial charge >= 0.3 is 5.97 Å². The first-order valence-electron chi connectivity index (χ1n) is 9.46. The molecule has 2 aromatic carbocycles. The molecular weight excluding hydrogens is 422 g/mol. The van der Waals surface area contributed by atoms with Crippen molar-refractivity contribution in [2.45, 2.75) is 19.1 Å². The number of aromatic nitrogens is 2. The zero-order chi connectivity index (χ0) is 22.6. The number of imidazole rings is 1. The Labute approximate surface area is 181 Å². The number of carbonyl (C=O) groups is 1. The van der Waals surface area contributed by atoms with E-state index in [0.29, 0.717) is 5.75 Å². The second-order valence-electron chi connectivity index (χ2n) is 7.04. The van der Waals surface area contributed by atoms with Gasteiger partial charge in [0.05, 0.1) is 31.5 Å². The monoisotopic (exact) mass is 447 g/mol. The molecule has 10 heteroatoms. The molecule has 1 heterocycles. The highest BCUT2D eigenvalue weighted by atomic mass is 32.2. The van der Waals surface area contributed by atoms with E-state index in [1.165, 1.54) is 7.11 Å². The predicted molar refractivity (Wildman–Crippen MR) is 116 cm³/mol. The summed E-state index contributed by atoms with van der Waals surface area (Å²) in [6.45, 7) is 0.271. The van der Waals surface area contributed by atoms with Crippen LogP contribution in [0.15, 0.2) is 42.5 Å². The first kappa shape index (κ1) is 22.6. The van der Waals surface area contributed by atoms with Gasteiger partial charge in [0.25, 0.3) is 0 Å². The van der Waals surface area contributed by atoms with Gasteiger partial charge in [-0.3, -0.25) is 4.79 Å². The Kier molecular flexibility index (Phi) is 6.81. The lowest BCUT2D eigenvalue weighted by Crippen LogP contribution is -2.42. The number of ether oxygens (including phenoxy) is 3. The lowest BCUT2D eigenvalue weighted by molar-refractivity contribution is -0.142. The van der Waals surface area contributed by atoms with Crippen molar-refractivity contribution in [2.75, 3.05) is 20.5 Å². The summed E-state index contributed by atoms with van der Waals surface area (Å²) in [6, 6.07) is 11.7. The molecule has 3 rings (SSSR count). The summed E-state index contributed by atoms with van der Waals surface area (Å²) in [5.41, 5.74) is 2.55. The summed E-state index contributed by atoms with van der Waals surface area (Å²) in [5.74, 6) is 1.49. The molecule has 0 aliphatic rings. The fourth-order valence-electron chi connectivity index (χ4n) is 3.15. The smallest absolute Gasteiger partial charge is 0.324 e. The summed E-state index contributed by atoms with van der Waals surface area (Å²) in [5, 5.41) is 0. The molecule has 0 spiro atoms. The lowest BCUT2D eigenvalue weighted by Gasteiger charge is -2.15. The maximum Gasteiger partial charge on any atom is 0.324 e. The number of rotatable bonds is 9. The third-order valence-electron chi connectivity index (χ3n) is 4.75. The molecule has 1 unspecified atom stereocenters. The van der Waals surface area contributed by atoms with Crippen LogP contribution in [-0.2, 0) is 39.6 Å². The van der Waals surface area contributed by atoms with E-state index in [4.69, 9.17) is 9.47 Å². The van der Waals surface area contributed by atoms with E-state index in [-0.39, 0.29) is 13.0 Å². The van der Waals surface area contributed by atoms with Crippen LogP contribution in [0.4, 0.5) is 0 Å². The van der Waals surface area contributed by atoms with Crippen molar-refractivity contribution in [1.82, 2.24) is 14.3 Å². The SMILES string of the molecule is COC(=O)C(Cc1ccc(OCc2nc3ccc(OC)cc3n2C)cc1)NS(C)(=O)=O. The molecule has 166 valence electrons. The van der Waals surface area contributed by atoms with Crippen molar-refractivity contribution in [3.63, 3.8) is 0 Å². The minimum absolute atomic E-state index is 0.159. The zero-order valence-corrected chi connectivity index (χ0v) is 18.6. The normalized spacial score (nSPS) is 12.5. The molecule has 1 N–H and O–H groups in total. The molecule has 1 aromatic heterocycles. The first-order chi connectivity index (χ1) is 14.7. The maximum absolute atomic E-state index is 11.9. The fraction of sp³-hybridized carbons (Fsp3) is 0.333. The lowest BCUT2D eigenvalue weighted by atomic mass is 10.1. The molecule has 0 saturated carbocycles. The average molecular weight is 448 g/mol. The minimum atomic E-state index is -3.56. The molecule has 0 radical (unpaired) electrons. The van der Waals surface area contributed by atoms with Gasteiger partial charge in [-0.15, -0.1) is 0 Å². The van der Waals surface area contributed by atoms with Crippen LogP contribution in [-0.4, -0.2) is 50.5 Å². The van der Waals surface area contributed by atoms with Gasteiger partial charge in [-0.05, 0) is 36.2 Å². The van der Waals surface area contributed by atoms with Crippen LogP contribution in [0.3, 0.4) is 0 Å². The molecule has 0 aliphatic heterocycles. The number of sulfonamides is 1. The molecule has 0 saturated heterocycles. The number of aryl methyl sites for hydroxylation is 1. The second-order valence-corrected chi connectivity index (χ2v) is 8.82. The number of benzene rings is 2. The molecule has 9 nitrogen and oxygen atoms in total. The molecule has 0 fully saturated rings. The molecule has 0 bridgehead atoms. The highest BCUT2D eigenvalue weighted by molar-refractivity contribution is 7.88. The summed E-state index contributed by atoms with van der Waals surface area (Å²) in [4.78, 5) is 16.5. The van der Waals surface area contributed by atoms with E-state index in [0.717, 1.165) is 34.4 Å². The number of nitrogens with one attached hydrogen (secondary N) is 1. The quantitative estimate of drug-likeness (QED) is 0.498. The Hall–Kier alpha value is -3.11. The topological polar surface area (TPSA) is 109 Å². The van der Waals surface area contributed by atoms with E-state index < -0.39 is 22.0 Å². The van der Waals surface area contributed by atoms with Crippen molar-refractivity contribution >= 4 is 27.0 Å². The Morgan fingerprint density at radius 2 is 1.81 bits per heavy atom. The third-order valence-corrected chi connectivity index (χ3v) is 5.47. The van der Waals surface area contributed by atoms with Gasteiger partial charge in [0.15, 0.2) is 0 Å². The Balaban J connectivity index is 1.67. The average Bonchev–Trinajstić information content (AvgIpc) is 3.06. The number of nitrogens with zero attached hydrogens (tertiary/aromatic N) is 2. The molecule has 0 aliphatic carbocycles. The number of hydrogen-bond donors (Lipinski definition) is 1. The second kappa shape index (κ2) is 9.36. The zero-order valence-electron chi connectivity index (χ0n) is 17.8. The van der Waals surface area contributed by atoms with E-state index in [2.05, 4.69) is 14.4 Å². The summed E-state index contributed by atoms with van der Waals surface area (Å²) >= 11 is 0. The minimum Gasteiger partial charge on any atom is -0.497 e. The van der Waals surface area contributed by atoms with Crippen LogP contribution in [0.2, 0.25) is 0 Å². The van der Waals surface area contributed by atoms with Crippen molar-refractivity contribution in [2.24, 2.45) is 7.05 Å². The molecule has 1 atom stereocenters. The highest BCUT2D eigenvalue weighted by Crippen LogP contribution is 2.22. The number of hydrogen-bond acceptors (Lipinski definition) is 7. The van der Waals surface area contributed by atoms with Crippen molar-refractivity contribution < 1.29 is 27.4 Å². The van der Waals surface area contributed by atoms with E-state index in [9.17, 15) is 13.2 Å². The van der Waals surface area contributed by atoms with E-state index in [1.54, 1.807) is 31.4 Å². The standard InChI is InChI=1S/C21H25N3O6S/c1-24-19-12-16(28-2)9-10-17(19)22-20(24)13-30-15-7-5-14(6-8-15)11-18(21(25)29-3)23-31(4,26)27/h5-10,12,18,23H,11,13H2,1-4H3. The van der Waals surface area contributed by atoms with Crippen LogP contribution in [0.25, 0.3) is 11.0 Å². The fourth-order valence-corrected chi connectivity index (χ4v) is 3.85. The summed E-state index contributed by atoms with van der Waals surface area (Å²) < 4.78 is 43.0. The van der Waals surface area contributed by atoms with E-state index >= 15 is 0 Å². The van der Waals surface area contributed by atoms with Crippen LogP contribution < -0.4 is 14.2 Å². The van der Waals surface area contributed by atoms with Crippen LogP contribution >= 0.6 is 0 Å². The molecular formula is C21H25N3O6S. The van der Waals surface area contributed by atoms with Crippen molar-refractivity contribution in [3.8, 4) is 11.5 Å². The van der Waals surface area contributed by atoms with Gasteiger partial charge in [-0.1, -0.05) is 12.1 Å². The van der Waals surface area contributed by atoms with Gasteiger partial charge < -0.3 is 18.8 Å². The van der Waals surface area contributed by atoms with Crippen LogP contribution in [0.1, 0.15) is 11.4 Å². The van der Waals surface area contributed by atoms with Gasteiger partial charge in [0.1, 0.15) is 30.0 Å². The number of carbonyl (C=O) groups excluding carboxylic acids is 1. The van der Waals surface area contributed by atoms with Gasteiger partial charge in [0, 0.05) is 13.1 Å².